The van der Waals surface area contributed by atoms with Gasteiger partial charge in [0.1, 0.15) is 0 Å². The van der Waals surface area contributed by atoms with Crippen LogP contribution in [-0.2, 0) is 9.59 Å². The van der Waals surface area contributed by atoms with Gasteiger partial charge in [-0.3, -0.25) is 9.59 Å². The van der Waals surface area contributed by atoms with Crippen LogP contribution in [0.1, 0.15) is 6.42 Å². The van der Waals surface area contributed by atoms with Crippen molar-refractivity contribution < 1.29 is 9.59 Å². The number of hydrogen-bond donors (Lipinski definition) is 1. The molecule has 2 amide bonds. The van der Waals surface area contributed by atoms with Crippen molar-refractivity contribution in [2.75, 3.05) is 25.4 Å². The third-order valence-electron chi connectivity index (χ3n) is 2.50. The van der Waals surface area contributed by atoms with E-state index in [2.05, 4.69) is 5.32 Å². The molecule has 1 aliphatic rings. The van der Waals surface area contributed by atoms with Gasteiger partial charge in [0, 0.05) is 26.1 Å². The molecule has 0 aromatic carbocycles. The summed E-state index contributed by atoms with van der Waals surface area (Å²) in [6.07, 6.45) is 0.412. The van der Waals surface area contributed by atoms with E-state index < -0.39 is 0 Å². The zero-order valence-electron chi connectivity index (χ0n) is 9.35. The van der Waals surface area contributed by atoms with Crippen LogP contribution < -0.4 is 5.32 Å². The first-order valence-corrected chi connectivity index (χ1v) is 7.33. The number of carbonyl (C=O) groups is 2. The van der Waals surface area contributed by atoms with Gasteiger partial charge in [0.15, 0.2) is 0 Å². The molecule has 1 fully saturated rings. The third-order valence-corrected chi connectivity index (χ3v) is 4.61. The van der Waals surface area contributed by atoms with Gasteiger partial charge in [0.05, 0.1) is 9.96 Å². The maximum atomic E-state index is 11.9. The lowest BCUT2D eigenvalue weighted by Crippen LogP contribution is -2.35. The summed E-state index contributed by atoms with van der Waals surface area (Å²) in [5.74, 6) is 0.598. The van der Waals surface area contributed by atoms with Crippen LogP contribution in [0.3, 0.4) is 0 Å². The highest BCUT2D eigenvalue weighted by Crippen LogP contribution is 2.23. The van der Waals surface area contributed by atoms with Crippen LogP contribution in [0.15, 0.2) is 21.7 Å². The smallest absolute Gasteiger partial charge is 0.233 e. The fourth-order valence-corrected chi connectivity index (χ4v) is 3.27. The Kier molecular flexibility index (Phi) is 4.44. The average molecular weight is 270 g/mol. The highest BCUT2D eigenvalue weighted by molar-refractivity contribution is 8.01. The molecule has 0 aliphatic carbocycles. The second-order valence-corrected chi connectivity index (χ2v) is 5.92. The van der Waals surface area contributed by atoms with Gasteiger partial charge in [0.2, 0.25) is 11.8 Å². The second-order valence-electron chi connectivity index (χ2n) is 3.70. The first-order valence-electron chi connectivity index (χ1n) is 5.46. The van der Waals surface area contributed by atoms with E-state index in [9.17, 15) is 9.59 Å². The Hall–Kier alpha value is -1.01. The van der Waals surface area contributed by atoms with E-state index in [1.54, 1.807) is 28.0 Å². The van der Waals surface area contributed by atoms with Gasteiger partial charge in [0.25, 0.3) is 0 Å². The standard InChI is InChI=1S/C11H14N2O2S2/c14-9-3-5-13(6-4-12-9)10(15)8-17-11-2-1-7-16-11/h1-2,7H,3-6,8H2,(H,12,14). The Morgan fingerprint density at radius 3 is 3.18 bits per heavy atom. The lowest BCUT2D eigenvalue weighted by Gasteiger charge is -2.18. The molecule has 1 aromatic rings. The van der Waals surface area contributed by atoms with Crippen LogP contribution in [0.25, 0.3) is 0 Å². The zero-order valence-corrected chi connectivity index (χ0v) is 11.0. The summed E-state index contributed by atoms with van der Waals surface area (Å²) in [7, 11) is 0. The maximum Gasteiger partial charge on any atom is 0.233 e. The third kappa shape index (κ3) is 3.74. The molecule has 0 radical (unpaired) electrons. The molecular formula is C11H14N2O2S2. The minimum Gasteiger partial charge on any atom is -0.354 e. The molecule has 1 N–H and O–H groups in total. The minimum atomic E-state index is 0.0335. The number of thiophene rings is 1. The van der Waals surface area contributed by atoms with Crippen molar-refractivity contribution >= 4 is 34.9 Å². The SMILES string of the molecule is O=C1CCN(C(=O)CSc2cccs2)CCN1. The van der Waals surface area contributed by atoms with E-state index >= 15 is 0 Å². The van der Waals surface area contributed by atoms with Gasteiger partial charge >= 0.3 is 0 Å². The summed E-state index contributed by atoms with van der Waals surface area (Å²) in [5.41, 5.74) is 0. The molecule has 0 spiro atoms. The number of nitrogens with one attached hydrogen (secondary N) is 1. The van der Waals surface area contributed by atoms with Crippen LogP contribution in [0.2, 0.25) is 0 Å². The second kappa shape index (κ2) is 6.07. The topological polar surface area (TPSA) is 49.4 Å². The van der Waals surface area contributed by atoms with Crippen molar-refractivity contribution in [3.8, 4) is 0 Å². The summed E-state index contributed by atoms with van der Waals surface area (Å²) >= 11 is 3.20. The Morgan fingerprint density at radius 1 is 1.53 bits per heavy atom. The quantitative estimate of drug-likeness (QED) is 0.839. The Bertz CT molecular complexity index is 392. The molecule has 92 valence electrons. The molecule has 0 unspecified atom stereocenters. The lowest BCUT2D eigenvalue weighted by molar-refractivity contribution is -0.128. The number of nitrogens with zero attached hydrogens (tertiary/aromatic N) is 1. The van der Waals surface area contributed by atoms with E-state index in [4.69, 9.17) is 0 Å². The van der Waals surface area contributed by atoms with Gasteiger partial charge in [-0.25, -0.2) is 0 Å². The normalized spacial score (nSPS) is 16.5. The maximum absolute atomic E-state index is 11.9. The number of amides is 2. The highest BCUT2D eigenvalue weighted by atomic mass is 32.2. The molecule has 0 bridgehead atoms. The number of carbonyl (C=O) groups excluding carboxylic acids is 2. The molecule has 2 rings (SSSR count). The van der Waals surface area contributed by atoms with Gasteiger partial charge in [-0.2, -0.15) is 0 Å². The molecule has 6 heteroatoms. The fourth-order valence-electron chi connectivity index (χ4n) is 1.59. The largest absolute Gasteiger partial charge is 0.354 e. The monoisotopic (exact) mass is 270 g/mol. The first-order chi connectivity index (χ1) is 8.25. The summed E-state index contributed by atoms with van der Waals surface area (Å²) in [4.78, 5) is 24.8. The Morgan fingerprint density at radius 2 is 2.41 bits per heavy atom. The molecule has 1 aromatic heterocycles. The minimum absolute atomic E-state index is 0.0335. The van der Waals surface area contributed by atoms with E-state index in [1.165, 1.54) is 0 Å². The molecule has 0 saturated carbocycles. The van der Waals surface area contributed by atoms with Gasteiger partial charge in [-0.05, 0) is 11.4 Å². The average Bonchev–Trinajstić information content (AvgIpc) is 2.74. The predicted octanol–water partition coefficient (Wildman–Crippen LogP) is 1.19. The highest BCUT2D eigenvalue weighted by Gasteiger charge is 2.18. The van der Waals surface area contributed by atoms with E-state index in [0.29, 0.717) is 31.8 Å². The molecular weight excluding hydrogens is 256 g/mol. The predicted molar refractivity (Wildman–Crippen MR) is 69.2 cm³/mol. The lowest BCUT2D eigenvalue weighted by atomic mass is 10.4. The van der Waals surface area contributed by atoms with E-state index in [-0.39, 0.29) is 11.8 Å². The van der Waals surface area contributed by atoms with Crippen molar-refractivity contribution in [2.24, 2.45) is 0 Å². The van der Waals surface area contributed by atoms with E-state index in [0.717, 1.165) is 4.21 Å². The fraction of sp³-hybridized carbons (Fsp3) is 0.455. The van der Waals surface area contributed by atoms with E-state index in [1.807, 2.05) is 17.5 Å². The summed E-state index contributed by atoms with van der Waals surface area (Å²) in [6, 6.07) is 3.99. The van der Waals surface area contributed by atoms with Gasteiger partial charge in [-0.15, -0.1) is 23.1 Å². The van der Waals surface area contributed by atoms with Crippen molar-refractivity contribution in [3.63, 3.8) is 0 Å². The van der Waals surface area contributed by atoms with Gasteiger partial charge < -0.3 is 10.2 Å². The van der Waals surface area contributed by atoms with Crippen LogP contribution in [0, 0.1) is 0 Å². The molecule has 1 saturated heterocycles. The first kappa shape index (κ1) is 12.4. The van der Waals surface area contributed by atoms with Crippen molar-refractivity contribution in [2.45, 2.75) is 10.6 Å². The van der Waals surface area contributed by atoms with Crippen molar-refractivity contribution in [1.82, 2.24) is 10.2 Å². The van der Waals surface area contributed by atoms with Crippen LogP contribution in [-0.4, -0.2) is 42.1 Å². The summed E-state index contributed by atoms with van der Waals surface area (Å²) in [6.45, 7) is 1.72. The summed E-state index contributed by atoms with van der Waals surface area (Å²) < 4.78 is 1.15. The molecule has 0 atom stereocenters. The van der Waals surface area contributed by atoms with Crippen molar-refractivity contribution in [3.05, 3.63) is 17.5 Å². The molecule has 1 aliphatic heterocycles. The van der Waals surface area contributed by atoms with Crippen LogP contribution in [0.4, 0.5) is 0 Å². The van der Waals surface area contributed by atoms with Crippen molar-refractivity contribution in [1.29, 1.82) is 0 Å². The van der Waals surface area contributed by atoms with Crippen LogP contribution >= 0.6 is 23.1 Å². The van der Waals surface area contributed by atoms with Crippen LogP contribution in [0.5, 0.6) is 0 Å². The number of thioether (sulfide) groups is 1. The number of hydrogen-bond acceptors (Lipinski definition) is 4. The molecule has 2 heterocycles. The molecule has 17 heavy (non-hydrogen) atoms. The Labute approximate surface area is 108 Å². The summed E-state index contributed by atoms with van der Waals surface area (Å²) in [5, 5.41) is 4.76. The zero-order chi connectivity index (χ0) is 12.1. The number of rotatable bonds is 3. The molecule has 4 nitrogen and oxygen atoms in total. The van der Waals surface area contributed by atoms with Gasteiger partial charge in [-0.1, -0.05) is 6.07 Å². The Balaban J connectivity index is 1.80.